The van der Waals surface area contributed by atoms with Crippen molar-refractivity contribution in [1.29, 1.82) is 0 Å². The van der Waals surface area contributed by atoms with Crippen LogP contribution in [0.1, 0.15) is 12.0 Å². The number of hydrogen-bond acceptors (Lipinski definition) is 6. The van der Waals surface area contributed by atoms with Crippen molar-refractivity contribution in [3.05, 3.63) is 42.3 Å². The zero-order chi connectivity index (χ0) is 17.6. The van der Waals surface area contributed by atoms with Gasteiger partial charge in [0.2, 0.25) is 0 Å². The summed E-state index contributed by atoms with van der Waals surface area (Å²) >= 11 is 0. The summed E-state index contributed by atoms with van der Waals surface area (Å²) < 4.78 is 0. The van der Waals surface area contributed by atoms with Crippen LogP contribution in [0.25, 0.3) is 0 Å². The third-order valence-corrected chi connectivity index (χ3v) is 5.26. The Morgan fingerprint density at radius 1 is 1.28 bits per heavy atom. The van der Waals surface area contributed by atoms with E-state index in [4.69, 9.17) is 4.84 Å². The Hall–Kier alpha value is -2.58. The number of benzene rings is 1. The van der Waals surface area contributed by atoms with Crippen molar-refractivity contribution < 1.29 is 14.4 Å². The molecular formula is C17H21N5O3. The van der Waals surface area contributed by atoms with Gasteiger partial charge in [-0.1, -0.05) is 23.8 Å². The minimum atomic E-state index is -0.992. The molecule has 0 radical (unpaired) electrons. The largest absolute Gasteiger partial charge is 0.395 e. The van der Waals surface area contributed by atoms with Crippen LogP contribution in [-0.2, 0) is 9.63 Å². The number of urea groups is 1. The highest BCUT2D eigenvalue weighted by molar-refractivity contribution is 6.17. The fraction of sp³-hybridized carbons (Fsp3) is 0.412. The van der Waals surface area contributed by atoms with Gasteiger partial charge in [-0.25, -0.2) is 4.79 Å². The lowest BCUT2D eigenvalue weighted by Crippen LogP contribution is -2.70. The van der Waals surface area contributed by atoms with Gasteiger partial charge in [0, 0.05) is 19.3 Å². The van der Waals surface area contributed by atoms with E-state index in [9.17, 15) is 9.59 Å². The predicted octanol–water partition coefficient (Wildman–Crippen LogP) is 0.717. The van der Waals surface area contributed by atoms with Crippen LogP contribution >= 0.6 is 0 Å². The maximum absolute atomic E-state index is 13.3. The smallest absolute Gasteiger partial charge is 0.332 e. The fourth-order valence-electron chi connectivity index (χ4n) is 4.00. The van der Waals surface area contributed by atoms with Crippen LogP contribution in [0.5, 0.6) is 0 Å². The van der Waals surface area contributed by atoms with E-state index >= 15 is 0 Å². The van der Waals surface area contributed by atoms with Gasteiger partial charge in [0.25, 0.3) is 5.91 Å². The van der Waals surface area contributed by atoms with E-state index in [0.717, 1.165) is 11.3 Å². The Morgan fingerprint density at radius 3 is 2.80 bits per heavy atom. The molecule has 132 valence electrons. The number of hydrazine groups is 1. The molecule has 0 saturated carbocycles. The molecule has 2 atom stereocenters. The van der Waals surface area contributed by atoms with E-state index in [1.165, 1.54) is 11.2 Å². The van der Waals surface area contributed by atoms with Crippen LogP contribution < -0.4 is 15.8 Å². The molecule has 0 aliphatic carbocycles. The molecule has 2 fully saturated rings. The maximum atomic E-state index is 13.3. The molecule has 2 unspecified atom stereocenters. The second kappa shape index (κ2) is 5.75. The van der Waals surface area contributed by atoms with E-state index < -0.39 is 5.54 Å². The zero-order valence-corrected chi connectivity index (χ0v) is 14.2. The normalized spacial score (nSPS) is 29.0. The maximum Gasteiger partial charge on any atom is 0.332 e. The lowest BCUT2D eigenvalue weighted by Gasteiger charge is -2.47. The third kappa shape index (κ3) is 2.14. The van der Waals surface area contributed by atoms with Crippen molar-refractivity contribution in [3.63, 3.8) is 0 Å². The zero-order valence-electron chi connectivity index (χ0n) is 14.2. The molecule has 0 bridgehead atoms. The number of rotatable bonds is 2. The lowest BCUT2D eigenvalue weighted by atomic mass is 9.81. The van der Waals surface area contributed by atoms with Gasteiger partial charge in [-0.2, -0.15) is 0 Å². The highest BCUT2D eigenvalue weighted by Crippen LogP contribution is 2.41. The molecule has 8 heteroatoms. The van der Waals surface area contributed by atoms with Gasteiger partial charge < -0.3 is 10.2 Å². The number of nitrogens with one attached hydrogen (secondary N) is 2. The van der Waals surface area contributed by atoms with Crippen LogP contribution in [0.2, 0.25) is 0 Å². The van der Waals surface area contributed by atoms with Gasteiger partial charge in [-0.05, 0) is 31.5 Å². The minimum Gasteiger partial charge on any atom is -0.395 e. The first kappa shape index (κ1) is 15.9. The first-order chi connectivity index (χ1) is 12.1. The summed E-state index contributed by atoms with van der Waals surface area (Å²) in [6.07, 6.45) is 3.78. The number of nitrogens with zero attached hydrogens (tertiary/aromatic N) is 3. The van der Waals surface area contributed by atoms with Crippen LogP contribution in [0.3, 0.4) is 0 Å². The molecule has 4 rings (SSSR count). The number of para-hydroxylation sites is 1. The third-order valence-electron chi connectivity index (χ3n) is 5.26. The number of carbonyl (C=O) groups is 2. The highest BCUT2D eigenvalue weighted by Gasteiger charge is 2.63. The van der Waals surface area contributed by atoms with Crippen LogP contribution in [-0.4, -0.2) is 53.6 Å². The van der Waals surface area contributed by atoms with Crippen molar-refractivity contribution in [2.45, 2.75) is 24.9 Å². The summed E-state index contributed by atoms with van der Waals surface area (Å²) in [4.78, 5) is 34.3. The first-order valence-corrected chi connectivity index (χ1v) is 8.32. The molecule has 3 heterocycles. The van der Waals surface area contributed by atoms with Crippen molar-refractivity contribution in [1.82, 2.24) is 20.8 Å². The molecule has 1 aromatic rings. The van der Waals surface area contributed by atoms with Crippen molar-refractivity contribution >= 4 is 17.6 Å². The summed E-state index contributed by atoms with van der Waals surface area (Å²) in [5.74, 6) is -0.186. The van der Waals surface area contributed by atoms with Crippen molar-refractivity contribution in [3.8, 4) is 0 Å². The molecule has 2 N–H and O–H groups in total. The first-order valence-electron chi connectivity index (χ1n) is 8.32. The summed E-state index contributed by atoms with van der Waals surface area (Å²) in [7, 11) is 1.55. The molecule has 3 amide bonds. The number of amides is 3. The molecule has 1 spiro atoms. The Morgan fingerprint density at radius 2 is 2.08 bits per heavy atom. The Bertz CT molecular complexity index is 752. The highest BCUT2D eigenvalue weighted by atomic mass is 16.7. The molecule has 2 saturated heterocycles. The summed E-state index contributed by atoms with van der Waals surface area (Å²) in [5, 5.41) is 5.07. The monoisotopic (exact) mass is 343 g/mol. The Labute approximate surface area is 145 Å². The van der Waals surface area contributed by atoms with E-state index in [-0.39, 0.29) is 18.0 Å². The number of hydrogen-bond donors (Lipinski definition) is 2. The topological polar surface area (TPSA) is 77.2 Å². The second-order valence-corrected chi connectivity index (χ2v) is 6.56. The average molecular weight is 343 g/mol. The van der Waals surface area contributed by atoms with Crippen molar-refractivity contribution in [2.24, 2.45) is 0 Å². The van der Waals surface area contributed by atoms with E-state index in [1.807, 2.05) is 31.2 Å². The summed E-state index contributed by atoms with van der Waals surface area (Å²) in [6.45, 7) is 3.16. The van der Waals surface area contributed by atoms with Gasteiger partial charge >= 0.3 is 6.03 Å². The number of anilines is 1. The number of carbonyl (C=O) groups excluding carboxylic acids is 2. The van der Waals surface area contributed by atoms with Crippen LogP contribution in [0, 0.1) is 6.92 Å². The quantitative estimate of drug-likeness (QED) is 0.771. The summed E-state index contributed by atoms with van der Waals surface area (Å²) in [6, 6.07) is 7.06. The minimum absolute atomic E-state index is 0.186. The predicted molar refractivity (Wildman–Crippen MR) is 91.0 cm³/mol. The van der Waals surface area contributed by atoms with E-state index in [1.54, 1.807) is 23.2 Å². The van der Waals surface area contributed by atoms with Gasteiger partial charge in [0.05, 0.1) is 12.2 Å². The number of aryl methyl sites for hydroxylation is 1. The van der Waals surface area contributed by atoms with Crippen molar-refractivity contribution in [2.75, 3.05) is 25.0 Å². The second-order valence-electron chi connectivity index (χ2n) is 6.56. The number of likely N-dealkylation sites (N-methyl/N-ethyl adjacent to an activating group) is 1. The van der Waals surface area contributed by atoms with Crippen LogP contribution in [0.15, 0.2) is 36.7 Å². The molecule has 3 aliphatic heterocycles. The lowest BCUT2D eigenvalue weighted by molar-refractivity contribution is -0.134. The van der Waals surface area contributed by atoms with Gasteiger partial charge in [-0.3, -0.25) is 19.6 Å². The fourth-order valence-corrected chi connectivity index (χ4v) is 4.00. The molecule has 25 heavy (non-hydrogen) atoms. The molecule has 8 nitrogen and oxygen atoms in total. The van der Waals surface area contributed by atoms with Crippen LogP contribution in [0.4, 0.5) is 10.5 Å². The van der Waals surface area contributed by atoms with E-state index in [0.29, 0.717) is 19.5 Å². The molecular weight excluding hydrogens is 322 g/mol. The molecule has 0 aromatic heterocycles. The van der Waals surface area contributed by atoms with Gasteiger partial charge in [0.1, 0.15) is 6.26 Å². The number of imide groups is 1. The molecule has 1 aromatic carbocycles. The Kier molecular flexibility index (Phi) is 3.66. The van der Waals surface area contributed by atoms with E-state index in [2.05, 4.69) is 10.9 Å². The standard InChI is InChI=1S/C17H21N5O3/c1-12-5-3-4-6-13(12)22-16(24)20(2)15(23)17(22)7-8-18-11-14(17)21-9-10-25-19-21/h3-6,9-10,14,18-19H,7-8,11H2,1-2H3. The van der Waals surface area contributed by atoms with Gasteiger partial charge in [0.15, 0.2) is 5.54 Å². The Balaban J connectivity index is 1.88. The van der Waals surface area contributed by atoms with Gasteiger partial charge in [-0.15, -0.1) is 0 Å². The molecule has 3 aliphatic rings. The SMILES string of the molecule is Cc1ccccc1N1C(=O)N(C)C(=O)C12CCNCC2N1C=CON1. The number of piperidine rings is 1. The summed E-state index contributed by atoms with van der Waals surface area (Å²) in [5.41, 5.74) is 3.52. The average Bonchev–Trinajstić information content (AvgIpc) is 3.21.